The van der Waals surface area contributed by atoms with Gasteiger partial charge in [0, 0.05) is 13.1 Å². The van der Waals surface area contributed by atoms with E-state index >= 15 is 0 Å². The van der Waals surface area contributed by atoms with Crippen LogP contribution in [0.4, 0.5) is 4.39 Å². The lowest BCUT2D eigenvalue weighted by Gasteiger charge is -2.30. The number of likely N-dealkylation sites (tertiary alicyclic amines) is 1. The van der Waals surface area contributed by atoms with Crippen molar-refractivity contribution in [3.8, 4) is 0 Å². The molecule has 1 atom stereocenters. The maximum Gasteiger partial charge on any atom is 0.113 e. The number of hydrogen-bond donors (Lipinski definition) is 0. The number of halogens is 1. The van der Waals surface area contributed by atoms with Gasteiger partial charge >= 0.3 is 0 Å². The minimum absolute atomic E-state index is 0.546. The molecule has 1 aliphatic heterocycles. The number of hydrogen-bond acceptors (Lipinski definition) is 1. The van der Waals surface area contributed by atoms with Gasteiger partial charge in [-0.05, 0) is 38.1 Å². The van der Waals surface area contributed by atoms with Gasteiger partial charge in [0.1, 0.15) is 6.17 Å². The lowest BCUT2D eigenvalue weighted by molar-refractivity contribution is 0.123. The van der Waals surface area contributed by atoms with Gasteiger partial charge in [-0.1, -0.05) is 12.8 Å². The Hall–Kier alpha value is -0.110. The average Bonchev–Trinajstić information content (AvgIpc) is 2.57. The lowest BCUT2D eigenvalue weighted by Crippen LogP contribution is -2.38. The van der Waals surface area contributed by atoms with Crippen LogP contribution in [0.5, 0.6) is 0 Å². The van der Waals surface area contributed by atoms with E-state index in [1.165, 1.54) is 32.2 Å². The van der Waals surface area contributed by atoms with Crippen LogP contribution in [0, 0.1) is 5.92 Å². The van der Waals surface area contributed by atoms with Crippen molar-refractivity contribution in [2.75, 3.05) is 19.6 Å². The van der Waals surface area contributed by atoms with E-state index < -0.39 is 6.17 Å². The third-order valence-corrected chi connectivity index (χ3v) is 3.44. The summed E-state index contributed by atoms with van der Waals surface area (Å²) in [4.78, 5) is 2.34. The fourth-order valence-electron chi connectivity index (χ4n) is 2.72. The quantitative estimate of drug-likeness (QED) is 0.639. The molecule has 76 valence electrons. The Kier molecular flexibility index (Phi) is 3.20. The van der Waals surface area contributed by atoms with E-state index in [0.717, 1.165) is 25.3 Å². The van der Waals surface area contributed by atoms with Crippen molar-refractivity contribution >= 4 is 0 Å². The molecule has 1 saturated carbocycles. The summed E-state index contributed by atoms with van der Waals surface area (Å²) in [6, 6.07) is 0. The van der Waals surface area contributed by atoms with Crippen molar-refractivity contribution in [1.29, 1.82) is 0 Å². The number of nitrogens with zero attached hydrogens (tertiary/aromatic N) is 1. The molecule has 0 bridgehead atoms. The highest BCUT2D eigenvalue weighted by atomic mass is 19.1. The molecule has 0 radical (unpaired) electrons. The van der Waals surface area contributed by atoms with Gasteiger partial charge in [-0.3, -0.25) is 0 Å². The van der Waals surface area contributed by atoms with Gasteiger partial charge in [-0.15, -0.1) is 0 Å². The van der Waals surface area contributed by atoms with Crippen molar-refractivity contribution < 1.29 is 4.39 Å². The van der Waals surface area contributed by atoms with E-state index in [1.807, 2.05) is 0 Å². The standard InChI is InChI=1S/C11H20FN/c12-11-6-3-7-13(9-11)8-10-4-1-2-5-10/h10-11H,1-9H2. The Bertz CT molecular complexity index is 154. The first-order valence-corrected chi connectivity index (χ1v) is 5.71. The fourth-order valence-corrected chi connectivity index (χ4v) is 2.72. The monoisotopic (exact) mass is 185 g/mol. The Morgan fingerprint density at radius 2 is 1.85 bits per heavy atom. The highest BCUT2D eigenvalue weighted by Crippen LogP contribution is 2.26. The Balaban J connectivity index is 1.73. The van der Waals surface area contributed by atoms with Gasteiger partial charge in [0.25, 0.3) is 0 Å². The van der Waals surface area contributed by atoms with Crippen molar-refractivity contribution in [3.05, 3.63) is 0 Å². The van der Waals surface area contributed by atoms with Crippen LogP contribution in [0.3, 0.4) is 0 Å². The Morgan fingerprint density at radius 3 is 2.54 bits per heavy atom. The molecule has 1 aliphatic carbocycles. The molecule has 2 aliphatic rings. The van der Waals surface area contributed by atoms with Crippen LogP contribution in [-0.2, 0) is 0 Å². The van der Waals surface area contributed by atoms with Crippen LogP contribution < -0.4 is 0 Å². The molecule has 0 aromatic rings. The van der Waals surface area contributed by atoms with E-state index in [0.29, 0.717) is 6.54 Å². The fraction of sp³-hybridized carbons (Fsp3) is 1.00. The van der Waals surface area contributed by atoms with E-state index in [2.05, 4.69) is 4.90 Å². The largest absolute Gasteiger partial charge is 0.300 e. The van der Waals surface area contributed by atoms with Crippen LogP contribution >= 0.6 is 0 Å². The molecule has 0 aromatic heterocycles. The van der Waals surface area contributed by atoms with Crippen LogP contribution in [0.15, 0.2) is 0 Å². The number of alkyl halides is 1. The third kappa shape index (κ3) is 2.67. The van der Waals surface area contributed by atoms with Crippen molar-refractivity contribution in [3.63, 3.8) is 0 Å². The molecule has 1 unspecified atom stereocenters. The summed E-state index contributed by atoms with van der Waals surface area (Å²) >= 11 is 0. The van der Waals surface area contributed by atoms with Crippen molar-refractivity contribution in [2.24, 2.45) is 5.92 Å². The number of rotatable bonds is 2. The zero-order chi connectivity index (χ0) is 9.10. The van der Waals surface area contributed by atoms with Gasteiger partial charge in [-0.2, -0.15) is 0 Å². The number of piperidine rings is 1. The predicted octanol–water partition coefficient (Wildman–Crippen LogP) is 2.61. The first kappa shape index (κ1) is 9.45. The van der Waals surface area contributed by atoms with Gasteiger partial charge in [0.15, 0.2) is 0 Å². The normalized spacial score (nSPS) is 32.5. The highest BCUT2D eigenvalue weighted by Gasteiger charge is 2.23. The molecule has 2 fully saturated rings. The average molecular weight is 185 g/mol. The summed E-state index contributed by atoms with van der Waals surface area (Å²) in [5.41, 5.74) is 0. The SMILES string of the molecule is FC1CCCN(CC2CCCC2)C1. The van der Waals surface area contributed by atoms with Crippen LogP contribution in [-0.4, -0.2) is 30.7 Å². The third-order valence-electron chi connectivity index (χ3n) is 3.44. The first-order chi connectivity index (χ1) is 6.34. The van der Waals surface area contributed by atoms with Gasteiger partial charge in [-0.25, -0.2) is 4.39 Å². The summed E-state index contributed by atoms with van der Waals surface area (Å²) in [6.07, 6.45) is 6.88. The summed E-state index contributed by atoms with van der Waals surface area (Å²) in [5, 5.41) is 0. The van der Waals surface area contributed by atoms with Crippen LogP contribution in [0.1, 0.15) is 38.5 Å². The Labute approximate surface area is 80.3 Å². The molecule has 2 rings (SSSR count). The molecular weight excluding hydrogens is 165 g/mol. The van der Waals surface area contributed by atoms with Crippen LogP contribution in [0.2, 0.25) is 0 Å². The Morgan fingerprint density at radius 1 is 1.08 bits per heavy atom. The molecule has 0 N–H and O–H groups in total. The molecule has 13 heavy (non-hydrogen) atoms. The topological polar surface area (TPSA) is 3.24 Å². The molecule has 0 amide bonds. The van der Waals surface area contributed by atoms with Crippen LogP contribution in [0.25, 0.3) is 0 Å². The highest BCUT2D eigenvalue weighted by molar-refractivity contribution is 4.77. The van der Waals surface area contributed by atoms with E-state index in [-0.39, 0.29) is 0 Å². The van der Waals surface area contributed by atoms with E-state index in [9.17, 15) is 4.39 Å². The summed E-state index contributed by atoms with van der Waals surface area (Å²) < 4.78 is 13.1. The second-order valence-corrected chi connectivity index (χ2v) is 4.65. The maximum absolute atomic E-state index is 13.1. The zero-order valence-electron chi connectivity index (χ0n) is 8.34. The molecule has 0 aromatic carbocycles. The summed E-state index contributed by atoms with van der Waals surface area (Å²) in [7, 11) is 0. The van der Waals surface area contributed by atoms with E-state index in [4.69, 9.17) is 0 Å². The molecule has 1 saturated heterocycles. The summed E-state index contributed by atoms with van der Waals surface area (Å²) in [5.74, 6) is 0.880. The van der Waals surface area contributed by atoms with Crippen molar-refractivity contribution in [2.45, 2.75) is 44.7 Å². The molecule has 1 heterocycles. The van der Waals surface area contributed by atoms with Gasteiger partial charge in [0.2, 0.25) is 0 Å². The molecular formula is C11H20FN. The lowest BCUT2D eigenvalue weighted by atomic mass is 10.0. The minimum atomic E-state index is -0.546. The first-order valence-electron chi connectivity index (χ1n) is 5.71. The van der Waals surface area contributed by atoms with Gasteiger partial charge in [0.05, 0.1) is 0 Å². The van der Waals surface area contributed by atoms with Crippen molar-refractivity contribution in [1.82, 2.24) is 4.90 Å². The molecule has 2 heteroatoms. The van der Waals surface area contributed by atoms with E-state index in [1.54, 1.807) is 0 Å². The zero-order valence-corrected chi connectivity index (χ0v) is 8.34. The molecule has 0 spiro atoms. The second-order valence-electron chi connectivity index (χ2n) is 4.65. The molecule has 1 nitrogen and oxygen atoms in total. The van der Waals surface area contributed by atoms with Gasteiger partial charge < -0.3 is 4.90 Å². The predicted molar refractivity (Wildman–Crippen MR) is 52.5 cm³/mol. The minimum Gasteiger partial charge on any atom is -0.300 e. The summed E-state index contributed by atoms with van der Waals surface area (Å²) in [6.45, 7) is 3.01. The smallest absolute Gasteiger partial charge is 0.113 e. The maximum atomic E-state index is 13.1. The second kappa shape index (κ2) is 4.41.